The molecule has 2 atom stereocenters. The van der Waals surface area contributed by atoms with E-state index in [0.29, 0.717) is 24.5 Å². The smallest absolute Gasteiger partial charge is 0.409 e. The van der Waals surface area contributed by atoms with Crippen molar-refractivity contribution in [2.45, 2.75) is 48.0 Å². The van der Waals surface area contributed by atoms with Crippen molar-refractivity contribution in [1.82, 2.24) is 14.9 Å². The van der Waals surface area contributed by atoms with Crippen LogP contribution in [0.1, 0.15) is 53.9 Å². The molecule has 0 bridgehead atoms. The van der Waals surface area contributed by atoms with Crippen molar-refractivity contribution in [3.8, 4) is 22.6 Å². The van der Waals surface area contributed by atoms with Crippen LogP contribution in [0.15, 0.2) is 126 Å². The first kappa shape index (κ1) is 40.7. The van der Waals surface area contributed by atoms with E-state index in [1.54, 1.807) is 7.11 Å². The third-order valence-corrected chi connectivity index (χ3v) is 13.4. The first-order valence-corrected chi connectivity index (χ1v) is 21.6. The number of nitro benzene ring substituents is 1. The predicted octanol–water partition coefficient (Wildman–Crippen LogP) is 7.54. The highest BCUT2D eigenvalue weighted by Crippen LogP contribution is 2.50. The summed E-state index contributed by atoms with van der Waals surface area (Å²) in [6.07, 6.45) is 1.59. The van der Waals surface area contributed by atoms with Crippen molar-refractivity contribution in [1.29, 1.82) is 0 Å². The Morgan fingerprint density at radius 3 is 2.08 bits per heavy atom. The fourth-order valence-electron chi connectivity index (χ4n) is 9.10. The van der Waals surface area contributed by atoms with E-state index in [4.69, 9.17) is 14.2 Å². The van der Waals surface area contributed by atoms with Crippen molar-refractivity contribution >= 4 is 27.7 Å². The van der Waals surface area contributed by atoms with Crippen molar-refractivity contribution in [3.05, 3.63) is 154 Å². The molecule has 0 spiro atoms. The maximum Gasteiger partial charge on any atom is 0.409 e. The Labute approximate surface area is 348 Å². The van der Waals surface area contributed by atoms with Gasteiger partial charge in [-0.05, 0) is 66.1 Å². The number of fused-ring (bicyclic) bond motifs is 5. The molecule has 0 radical (unpaired) electrons. The van der Waals surface area contributed by atoms with E-state index >= 15 is 0 Å². The predicted molar refractivity (Wildman–Crippen MR) is 224 cm³/mol. The molecule has 1 saturated heterocycles. The number of amides is 2. The molecule has 8 rings (SSSR count). The number of unbranched alkanes of at least 4 members (excludes halogenated alkanes) is 1. The van der Waals surface area contributed by atoms with Crippen LogP contribution in [0.3, 0.4) is 0 Å². The van der Waals surface area contributed by atoms with Gasteiger partial charge < -0.3 is 24.4 Å². The number of benzene rings is 5. The maximum absolute atomic E-state index is 14.5. The van der Waals surface area contributed by atoms with Crippen LogP contribution in [0.2, 0.25) is 0 Å². The second-order valence-corrected chi connectivity index (χ2v) is 17.2. The van der Waals surface area contributed by atoms with Crippen molar-refractivity contribution < 1.29 is 37.1 Å². The summed E-state index contributed by atoms with van der Waals surface area (Å²) in [5.74, 6) is -0.0719. The summed E-state index contributed by atoms with van der Waals surface area (Å²) in [6, 6.07) is 35.6. The molecule has 3 aliphatic rings. The highest BCUT2D eigenvalue weighted by atomic mass is 32.2. The summed E-state index contributed by atoms with van der Waals surface area (Å²) in [6.45, 7) is 0.647. The zero-order valence-electron chi connectivity index (χ0n) is 33.1. The second kappa shape index (κ2) is 17.3. The van der Waals surface area contributed by atoms with Gasteiger partial charge in [-0.25, -0.2) is 17.9 Å². The van der Waals surface area contributed by atoms with Crippen LogP contribution in [0.25, 0.3) is 11.1 Å². The van der Waals surface area contributed by atoms with E-state index in [1.165, 1.54) is 17.0 Å². The molecule has 1 fully saturated rings. The molecule has 0 saturated carbocycles. The summed E-state index contributed by atoms with van der Waals surface area (Å²) in [5.41, 5.74) is 4.80. The van der Waals surface area contributed by atoms with E-state index in [-0.39, 0.29) is 44.5 Å². The molecule has 2 heterocycles. The van der Waals surface area contributed by atoms with Crippen LogP contribution in [-0.4, -0.2) is 76.2 Å². The van der Waals surface area contributed by atoms with E-state index in [0.717, 1.165) is 58.4 Å². The summed E-state index contributed by atoms with van der Waals surface area (Å²) in [4.78, 5) is 40.5. The summed E-state index contributed by atoms with van der Waals surface area (Å²) >= 11 is 0. The molecule has 2 aliphatic heterocycles. The topological polar surface area (TPSA) is 166 Å². The largest absolute Gasteiger partial charge is 0.457 e. The molecule has 14 heteroatoms. The Balaban J connectivity index is 1.06. The van der Waals surface area contributed by atoms with Crippen molar-refractivity contribution in [2.75, 3.05) is 40.0 Å². The number of nitro groups is 1. The molecule has 1 aliphatic carbocycles. The Hall–Kier alpha value is -6.09. The number of nitrogens with zero attached hydrogens (tertiary/aromatic N) is 2. The first-order chi connectivity index (χ1) is 29.1. The molecule has 5 aromatic rings. The van der Waals surface area contributed by atoms with E-state index in [1.807, 2.05) is 97.1 Å². The van der Waals surface area contributed by atoms with Crippen LogP contribution in [0, 0.1) is 16.0 Å². The molecule has 2 amide bonds. The number of ether oxygens (including phenoxy) is 3. The third kappa shape index (κ3) is 7.97. The quantitative estimate of drug-likeness (QED) is 0.0653. The fraction of sp³-hybridized carbons (Fsp3) is 0.304. The van der Waals surface area contributed by atoms with Gasteiger partial charge in [0.2, 0.25) is 15.9 Å². The lowest BCUT2D eigenvalue weighted by Gasteiger charge is -2.41. The lowest BCUT2D eigenvalue weighted by atomic mass is 9.69. The Bertz CT molecular complexity index is 2440. The number of para-hydroxylation sites is 3. The molecule has 13 nitrogen and oxygen atoms in total. The molecule has 310 valence electrons. The van der Waals surface area contributed by atoms with Gasteiger partial charge in [-0.15, -0.1) is 0 Å². The van der Waals surface area contributed by atoms with Crippen LogP contribution in [0.4, 0.5) is 10.5 Å². The number of hydrogen-bond acceptors (Lipinski definition) is 9. The third-order valence-electron chi connectivity index (χ3n) is 11.9. The second-order valence-electron chi connectivity index (χ2n) is 15.5. The van der Waals surface area contributed by atoms with Crippen LogP contribution in [-0.2, 0) is 29.7 Å². The Morgan fingerprint density at radius 2 is 1.43 bits per heavy atom. The molecule has 0 aromatic heterocycles. The fourth-order valence-corrected chi connectivity index (χ4v) is 10.5. The molecular weight excluding hydrogens is 785 g/mol. The van der Waals surface area contributed by atoms with Gasteiger partial charge in [-0.1, -0.05) is 97.1 Å². The van der Waals surface area contributed by atoms with Gasteiger partial charge in [-0.2, -0.15) is 0 Å². The number of piperidine rings is 1. The zero-order chi connectivity index (χ0) is 41.9. The number of rotatable bonds is 14. The van der Waals surface area contributed by atoms with Gasteiger partial charge >= 0.3 is 6.09 Å². The Morgan fingerprint density at radius 1 is 0.833 bits per heavy atom. The van der Waals surface area contributed by atoms with Gasteiger partial charge in [0.1, 0.15) is 18.1 Å². The molecular formula is C46H46N4O9S. The normalized spacial score (nSPS) is 17.6. The Kier molecular flexibility index (Phi) is 11.7. The van der Waals surface area contributed by atoms with Gasteiger partial charge in [0.05, 0.1) is 10.8 Å². The van der Waals surface area contributed by atoms with Crippen molar-refractivity contribution in [2.24, 2.45) is 5.92 Å². The van der Waals surface area contributed by atoms with Gasteiger partial charge in [-0.3, -0.25) is 14.9 Å². The molecule has 2 N–H and O–H groups in total. The van der Waals surface area contributed by atoms with Crippen LogP contribution < -0.4 is 14.8 Å². The zero-order valence-corrected chi connectivity index (χ0v) is 33.9. The van der Waals surface area contributed by atoms with Crippen LogP contribution in [0.5, 0.6) is 11.5 Å². The molecule has 0 unspecified atom stereocenters. The van der Waals surface area contributed by atoms with Gasteiger partial charge in [0.25, 0.3) is 5.69 Å². The minimum atomic E-state index is -4.47. The highest BCUT2D eigenvalue weighted by Gasteiger charge is 2.44. The average molecular weight is 831 g/mol. The first-order valence-electron chi connectivity index (χ1n) is 20.1. The highest BCUT2D eigenvalue weighted by molar-refractivity contribution is 7.89. The number of sulfonamides is 1. The summed E-state index contributed by atoms with van der Waals surface area (Å²) < 4.78 is 47.9. The minimum absolute atomic E-state index is 0.0238. The summed E-state index contributed by atoms with van der Waals surface area (Å²) in [5, 5.41) is 15.0. The number of carbonyl (C=O) groups excluding carboxylic acids is 2. The van der Waals surface area contributed by atoms with Gasteiger partial charge in [0.15, 0.2) is 4.90 Å². The van der Waals surface area contributed by atoms with Crippen molar-refractivity contribution in [3.63, 3.8) is 0 Å². The van der Waals surface area contributed by atoms with E-state index in [9.17, 15) is 28.1 Å². The van der Waals surface area contributed by atoms with Crippen LogP contribution >= 0.6 is 0 Å². The minimum Gasteiger partial charge on any atom is -0.457 e. The van der Waals surface area contributed by atoms with E-state index < -0.39 is 49.0 Å². The number of carbonyl (C=O) groups is 2. The monoisotopic (exact) mass is 830 g/mol. The lowest BCUT2D eigenvalue weighted by Crippen LogP contribution is -2.56. The standard InChI is InChI=1S/C46H46N4O9S/c1-57-25-13-12-24-46(38-18-6-9-21-41(38)59-42-22-10-7-19-39(42)46)30-47-44(51)31-26-32(48-60(55,56)43-23-11-8-20-40(43)50(53)54)28-49(27-31)45(52)58-29-37-35-16-4-2-14-33(35)34-15-3-5-17-36(34)37/h2-11,14-23,31-32,37,48H,12-13,24-30H2,1H3,(H,47,51)/t31-,32+/m0/s1. The summed E-state index contributed by atoms with van der Waals surface area (Å²) in [7, 11) is -2.81. The number of likely N-dealkylation sites (tertiary alicyclic amines) is 1. The van der Waals surface area contributed by atoms with E-state index in [2.05, 4.69) is 10.0 Å². The van der Waals surface area contributed by atoms with Gasteiger partial charge in [0, 0.05) is 67.9 Å². The molecule has 60 heavy (non-hydrogen) atoms. The number of nitrogens with one attached hydrogen (secondary N) is 2. The average Bonchev–Trinajstić information content (AvgIpc) is 3.59. The number of hydrogen-bond donors (Lipinski definition) is 2. The lowest BCUT2D eigenvalue weighted by molar-refractivity contribution is -0.387. The number of methoxy groups -OCH3 is 1. The maximum atomic E-state index is 14.5. The molecule has 5 aromatic carbocycles. The SMILES string of the molecule is COCCCCC1(CNC(=O)[C@H]2C[C@@H](NS(=O)(=O)c3ccccc3[N+](=O)[O-])CN(C(=O)OCC3c4ccccc4-c4ccccc43)C2)c2ccccc2Oc2ccccc21.